The minimum atomic E-state index is -0.1000. The summed E-state index contributed by atoms with van der Waals surface area (Å²) in [5, 5.41) is 3.66. The molecule has 4 nitrogen and oxygen atoms in total. The Bertz CT molecular complexity index is 579. The lowest BCUT2D eigenvalue weighted by atomic mass is 10.1. The predicted octanol–water partition coefficient (Wildman–Crippen LogP) is 2.51. The van der Waals surface area contributed by atoms with E-state index in [1.807, 2.05) is 25.1 Å². The van der Waals surface area contributed by atoms with Crippen LogP contribution in [0, 0.1) is 6.92 Å². The number of ether oxygens (including phenoxy) is 1. The van der Waals surface area contributed by atoms with E-state index in [9.17, 15) is 4.79 Å². The molecule has 1 amide bonds. The number of benzene rings is 1. The van der Waals surface area contributed by atoms with E-state index in [1.165, 1.54) is 6.92 Å². The van der Waals surface area contributed by atoms with Crippen LogP contribution in [0.3, 0.4) is 0 Å². The fourth-order valence-electron chi connectivity index (χ4n) is 1.75. The summed E-state index contributed by atoms with van der Waals surface area (Å²) in [5.41, 5.74) is 2.43. The Morgan fingerprint density at radius 3 is 2.71 bits per heavy atom. The number of hydrogen-bond acceptors (Lipinski definition) is 3. The summed E-state index contributed by atoms with van der Waals surface area (Å²) in [6, 6.07) is 7.47. The zero-order valence-electron chi connectivity index (χ0n) is 10.1. The molecule has 0 fully saturated rings. The van der Waals surface area contributed by atoms with Gasteiger partial charge in [-0.05, 0) is 31.2 Å². The first-order chi connectivity index (χ1) is 8.11. The van der Waals surface area contributed by atoms with Crippen LogP contribution in [-0.2, 0) is 4.79 Å². The molecule has 0 spiro atoms. The zero-order valence-corrected chi connectivity index (χ0v) is 10.1. The Balaban J connectivity index is 2.68. The largest absolute Gasteiger partial charge is 0.494 e. The number of anilines is 1. The molecule has 0 saturated heterocycles. The van der Waals surface area contributed by atoms with Gasteiger partial charge in [0.25, 0.3) is 0 Å². The minimum absolute atomic E-state index is 0.1000. The topological polar surface area (TPSA) is 51.2 Å². The van der Waals surface area contributed by atoms with Gasteiger partial charge >= 0.3 is 0 Å². The standard InChI is InChI=1S/C13H14N2O2/c1-8-4-5-10-11(15-9(2)16)6-7-12(17-3)13(10)14-8/h4-7H,1-3H3,(H,15,16). The van der Waals surface area contributed by atoms with Crippen molar-refractivity contribution >= 4 is 22.5 Å². The average molecular weight is 230 g/mol. The number of methoxy groups -OCH3 is 1. The van der Waals surface area contributed by atoms with Crippen molar-refractivity contribution in [2.45, 2.75) is 13.8 Å². The van der Waals surface area contributed by atoms with E-state index in [0.717, 1.165) is 22.3 Å². The summed E-state index contributed by atoms with van der Waals surface area (Å²) >= 11 is 0. The van der Waals surface area contributed by atoms with Crippen molar-refractivity contribution in [3.63, 3.8) is 0 Å². The lowest BCUT2D eigenvalue weighted by Gasteiger charge is -2.10. The maximum absolute atomic E-state index is 11.1. The highest BCUT2D eigenvalue weighted by atomic mass is 16.5. The van der Waals surface area contributed by atoms with Crippen LogP contribution in [0.4, 0.5) is 5.69 Å². The number of aryl methyl sites for hydroxylation is 1. The molecule has 2 rings (SSSR count). The van der Waals surface area contributed by atoms with E-state index in [2.05, 4.69) is 10.3 Å². The number of aromatic nitrogens is 1. The Kier molecular flexibility index (Phi) is 2.95. The van der Waals surface area contributed by atoms with Gasteiger partial charge in [-0.3, -0.25) is 4.79 Å². The molecule has 0 aliphatic carbocycles. The summed E-state index contributed by atoms with van der Waals surface area (Å²) in [6.07, 6.45) is 0. The van der Waals surface area contributed by atoms with Gasteiger partial charge in [-0.2, -0.15) is 0 Å². The molecule has 0 aliphatic rings. The fraction of sp³-hybridized carbons (Fsp3) is 0.231. The highest BCUT2D eigenvalue weighted by Gasteiger charge is 2.08. The number of nitrogens with one attached hydrogen (secondary N) is 1. The number of rotatable bonds is 2. The molecule has 1 aromatic carbocycles. The SMILES string of the molecule is COc1ccc(NC(C)=O)c2ccc(C)nc12. The fourth-order valence-corrected chi connectivity index (χ4v) is 1.75. The normalized spacial score (nSPS) is 10.3. The van der Waals surface area contributed by atoms with Crippen LogP contribution < -0.4 is 10.1 Å². The summed E-state index contributed by atoms with van der Waals surface area (Å²) < 4.78 is 5.27. The highest BCUT2D eigenvalue weighted by molar-refractivity contribution is 6.02. The third-order valence-corrected chi connectivity index (χ3v) is 2.49. The quantitative estimate of drug-likeness (QED) is 0.862. The monoisotopic (exact) mass is 230 g/mol. The third-order valence-electron chi connectivity index (χ3n) is 2.49. The van der Waals surface area contributed by atoms with E-state index in [1.54, 1.807) is 13.2 Å². The smallest absolute Gasteiger partial charge is 0.221 e. The Morgan fingerprint density at radius 1 is 1.29 bits per heavy atom. The van der Waals surface area contributed by atoms with Crippen LogP contribution in [0.25, 0.3) is 10.9 Å². The molecule has 1 heterocycles. The van der Waals surface area contributed by atoms with Gasteiger partial charge in [0.05, 0.1) is 12.8 Å². The van der Waals surface area contributed by atoms with Gasteiger partial charge in [0.2, 0.25) is 5.91 Å². The van der Waals surface area contributed by atoms with Crippen LogP contribution in [0.1, 0.15) is 12.6 Å². The van der Waals surface area contributed by atoms with Crippen LogP contribution in [0.2, 0.25) is 0 Å². The van der Waals surface area contributed by atoms with Crippen molar-refractivity contribution in [1.29, 1.82) is 0 Å². The molecular formula is C13H14N2O2. The first kappa shape index (κ1) is 11.4. The lowest BCUT2D eigenvalue weighted by molar-refractivity contribution is -0.114. The molecule has 0 unspecified atom stereocenters. The van der Waals surface area contributed by atoms with E-state index in [0.29, 0.717) is 5.75 Å². The van der Waals surface area contributed by atoms with Gasteiger partial charge in [0.1, 0.15) is 11.3 Å². The summed E-state index contributed by atoms with van der Waals surface area (Å²) in [7, 11) is 1.61. The number of carbonyl (C=O) groups excluding carboxylic acids is 1. The summed E-state index contributed by atoms with van der Waals surface area (Å²) in [6.45, 7) is 3.40. The van der Waals surface area contributed by atoms with E-state index in [4.69, 9.17) is 4.74 Å². The number of amides is 1. The van der Waals surface area contributed by atoms with Gasteiger partial charge in [-0.25, -0.2) is 4.98 Å². The lowest BCUT2D eigenvalue weighted by Crippen LogP contribution is -2.06. The number of nitrogens with zero attached hydrogens (tertiary/aromatic N) is 1. The van der Waals surface area contributed by atoms with E-state index < -0.39 is 0 Å². The van der Waals surface area contributed by atoms with Crippen LogP contribution in [0.15, 0.2) is 24.3 Å². The molecule has 0 saturated carbocycles. The molecule has 4 heteroatoms. The van der Waals surface area contributed by atoms with Crippen LogP contribution in [-0.4, -0.2) is 18.0 Å². The number of fused-ring (bicyclic) bond motifs is 1. The Hall–Kier alpha value is -2.10. The van der Waals surface area contributed by atoms with Gasteiger partial charge < -0.3 is 10.1 Å². The number of pyridine rings is 1. The van der Waals surface area contributed by atoms with E-state index >= 15 is 0 Å². The second-order valence-corrected chi connectivity index (χ2v) is 3.85. The Labute approximate surface area is 99.6 Å². The third kappa shape index (κ3) is 2.20. The second kappa shape index (κ2) is 4.41. The van der Waals surface area contributed by atoms with Crippen molar-refractivity contribution in [2.75, 3.05) is 12.4 Å². The average Bonchev–Trinajstić information content (AvgIpc) is 2.28. The summed E-state index contributed by atoms with van der Waals surface area (Å²) in [4.78, 5) is 15.6. The minimum Gasteiger partial charge on any atom is -0.494 e. The summed E-state index contributed by atoms with van der Waals surface area (Å²) in [5.74, 6) is 0.606. The van der Waals surface area contributed by atoms with E-state index in [-0.39, 0.29) is 5.91 Å². The van der Waals surface area contributed by atoms with Gasteiger partial charge in [-0.1, -0.05) is 0 Å². The zero-order chi connectivity index (χ0) is 12.4. The van der Waals surface area contributed by atoms with Crippen LogP contribution >= 0.6 is 0 Å². The molecule has 17 heavy (non-hydrogen) atoms. The van der Waals surface area contributed by atoms with Crippen molar-refractivity contribution in [3.8, 4) is 5.75 Å². The molecule has 1 aromatic heterocycles. The number of carbonyl (C=O) groups is 1. The molecule has 0 bridgehead atoms. The molecule has 2 aromatic rings. The maximum Gasteiger partial charge on any atom is 0.221 e. The molecule has 0 aliphatic heterocycles. The van der Waals surface area contributed by atoms with Gasteiger partial charge in [0, 0.05) is 18.0 Å². The second-order valence-electron chi connectivity index (χ2n) is 3.85. The molecule has 0 atom stereocenters. The Morgan fingerprint density at radius 2 is 2.06 bits per heavy atom. The van der Waals surface area contributed by atoms with Gasteiger partial charge in [-0.15, -0.1) is 0 Å². The molecular weight excluding hydrogens is 216 g/mol. The van der Waals surface area contributed by atoms with Gasteiger partial charge in [0.15, 0.2) is 0 Å². The maximum atomic E-state index is 11.1. The number of hydrogen-bond donors (Lipinski definition) is 1. The first-order valence-electron chi connectivity index (χ1n) is 5.34. The molecule has 0 radical (unpaired) electrons. The predicted molar refractivity (Wildman–Crippen MR) is 67.3 cm³/mol. The molecule has 1 N–H and O–H groups in total. The van der Waals surface area contributed by atoms with Crippen molar-refractivity contribution in [2.24, 2.45) is 0 Å². The van der Waals surface area contributed by atoms with Crippen molar-refractivity contribution in [1.82, 2.24) is 4.98 Å². The highest BCUT2D eigenvalue weighted by Crippen LogP contribution is 2.30. The first-order valence-corrected chi connectivity index (χ1v) is 5.34. The van der Waals surface area contributed by atoms with Crippen LogP contribution in [0.5, 0.6) is 5.75 Å². The molecule has 88 valence electrons. The van der Waals surface area contributed by atoms with Crippen molar-refractivity contribution in [3.05, 3.63) is 30.0 Å². The van der Waals surface area contributed by atoms with Crippen molar-refractivity contribution < 1.29 is 9.53 Å².